The molecular formula is C12H23NO2. The second kappa shape index (κ2) is 4.97. The molecule has 2 atom stereocenters. The van der Waals surface area contributed by atoms with Crippen LogP contribution in [-0.4, -0.2) is 18.6 Å². The van der Waals surface area contributed by atoms with Gasteiger partial charge in [0.15, 0.2) is 0 Å². The average Bonchev–Trinajstić information content (AvgIpc) is 2.15. The zero-order chi connectivity index (χ0) is 11.5. The number of ether oxygens (including phenoxy) is 1. The van der Waals surface area contributed by atoms with E-state index in [1.807, 2.05) is 0 Å². The van der Waals surface area contributed by atoms with Gasteiger partial charge in [-0.05, 0) is 31.1 Å². The molecule has 0 aromatic carbocycles. The molecule has 1 aliphatic carbocycles. The van der Waals surface area contributed by atoms with Gasteiger partial charge in [0.05, 0.1) is 7.11 Å². The molecule has 2 unspecified atom stereocenters. The van der Waals surface area contributed by atoms with E-state index in [9.17, 15) is 4.79 Å². The third kappa shape index (κ3) is 3.20. The first-order valence-electron chi connectivity index (χ1n) is 5.85. The third-order valence-corrected chi connectivity index (χ3v) is 3.28. The first kappa shape index (κ1) is 12.5. The summed E-state index contributed by atoms with van der Waals surface area (Å²) in [4.78, 5) is 11.6. The molecule has 0 saturated heterocycles. The first-order valence-corrected chi connectivity index (χ1v) is 5.85. The summed E-state index contributed by atoms with van der Waals surface area (Å²) in [5.74, 6) is 1.02. The fourth-order valence-corrected chi connectivity index (χ4v) is 2.68. The molecule has 3 heteroatoms. The molecule has 0 radical (unpaired) electrons. The number of carbonyl (C=O) groups excluding carboxylic acids is 1. The van der Waals surface area contributed by atoms with Crippen molar-refractivity contribution in [3.63, 3.8) is 0 Å². The van der Waals surface area contributed by atoms with Crippen LogP contribution < -0.4 is 5.73 Å². The van der Waals surface area contributed by atoms with Crippen LogP contribution in [0.15, 0.2) is 0 Å². The number of methoxy groups -OCH3 is 1. The van der Waals surface area contributed by atoms with Crippen molar-refractivity contribution in [2.45, 2.75) is 51.5 Å². The van der Waals surface area contributed by atoms with Crippen molar-refractivity contribution >= 4 is 5.97 Å². The van der Waals surface area contributed by atoms with Crippen molar-refractivity contribution in [1.82, 2.24) is 0 Å². The summed E-state index contributed by atoms with van der Waals surface area (Å²) in [7, 11) is 1.42. The largest absolute Gasteiger partial charge is 0.468 e. The zero-order valence-corrected chi connectivity index (χ0v) is 10.1. The van der Waals surface area contributed by atoms with E-state index in [4.69, 9.17) is 10.5 Å². The third-order valence-electron chi connectivity index (χ3n) is 3.28. The van der Waals surface area contributed by atoms with Crippen LogP contribution in [0.1, 0.15) is 46.0 Å². The number of hydrogen-bond donors (Lipinski definition) is 1. The summed E-state index contributed by atoms with van der Waals surface area (Å²) in [5.41, 5.74) is 5.39. The van der Waals surface area contributed by atoms with E-state index in [0.717, 1.165) is 25.7 Å². The van der Waals surface area contributed by atoms with Crippen LogP contribution in [-0.2, 0) is 9.53 Å². The van der Waals surface area contributed by atoms with Gasteiger partial charge in [-0.1, -0.05) is 26.7 Å². The predicted molar refractivity (Wildman–Crippen MR) is 60.3 cm³/mol. The minimum absolute atomic E-state index is 0.240. The highest BCUT2D eigenvalue weighted by Gasteiger charge is 2.40. The molecule has 2 N–H and O–H groups in total. The Morgan fingerprint density at radius 1 is 1.60 bits per heavy atom. The lowest BCUT2D eigenvalue weighted by Gasteiger charge is -2.36. The molecule has 1 aliphatic rings. The minimum Gasteiger partial charge on any atom is -0.468 e. The van der Waals surface area contributed by atoms with Gasteiger partial charge in [-0.15, -0.1) is 0 Å². The Bertz CT molecular complexity index is 228. The highest BCUT2D eigenvalue weighted by atomic mass is 16.5. The number of carbonyl (C=O) groups is 1. The lowest BCUT2D eigenvalue weighted by atomic mass is 9.73. The van der Waals surface area contributed by atoms with Crippen molar-refractivity contribution in [3.05, 3.63) is 0 Å². The molecule has 0 heterocycles. The van der Waals surface area contributed by atoms with E-state index in [2.05, 4.69) is 13.8 Å². The number of esters is 1. The van der Waals surface area contributed by atoms with Gasteiger partial charge in [-0.2, -0.15) is 0 Å². The number of nitrogens with two attached hydrogens (primary N) is 1. The smallest absolute Gasteiger partial charge is 0.325 e. The Hall–Kier alpha value is -0.570. The second-order valence-corrected chi connectivity index (χ2v) is 5.24. The Kier molecular flexibility index (Phi) is 4.14. The second-order valence-electron chi connectivity index (χ2n) is 5.24. The van der Waals surface area contributed by atoms with Crippen molar-refractivity contribution in [2.75, 3.05) is 7.11 Å². The first-order chi connectivity index (χ1) is 6.98. The molecule has 0 spiro atoms. The average molecular weight is 213 g/mol. The Morgan fingerprint density at radius 3 is 2.80 bits per heavy atom. The molecule has 0 aromatic heterocycles. The molecule has 0 bridgehead atoms. The summed E-state index contributed by atoms with van der Waals surface area (Å²) < 4.78 is 4.78. The molecule has 0 aromatic rings. The van der Waals surface area contributed by atoms with Crippen LogP contribution in [0, 0.1) is 11.8 Å². The standard InChI is InChI=1S/C12H23NO2/c1-9(2)7-10-5-4-6-12(13,8-10)11(14)15-3/h9-10H,4-8,13H2,1-3H3. The molecule has 1 rings (SSSR count). The van der Waals surface area contributed by atoms with E-state index in [1.54, 1.807) is 0 Å². The maximum Gasteiger partial charge on any atom is 0.325 e. The fourth-order valence-electron chi connectivity index (χ4n) is 2.68. The predicted octanol–water partition coefficient (Wildman–Crippen LogP) is 2.09. The Balaban J connectivity index is 2.58. The quantitative estimate of drug-likeness (QED) is 0.730. The van der Waals surface area contributed by atoms with Crippen LogP contribution in [0.5, 0.6) is 0 Å². The van der Waals surface area contributed by atoms with E-state index < -0.39 is 5.54 Å². The van der Waals surface area contributed by atoms with Gasteiger partial charge < -0.3 is 10.5 Å². The SMILES string of the molecule is COC(=O)C1(N)CCCC(CC(C)C)C1. The molecule has 88 valence electrons. The molecule has 3 nitrogen and oxygen atoms in total. The van der Waals surface area contributed by atoms with Crippen LogP contribution in [0.4, 0.5) is 0 Å². The topological polar surface area (TPSA) is 52.3 Å². The van der Waals surface area contributed by atoms with E-state index in [-0.39, 0.29) is 5.97 Å². The van der Waals surface area contributed by atoms with Gasteiger partial charge in [-0.3, -0.25) is 4.79 Å². The highest BCUT2D eigenvalue weighted by molar-refractivity contribution is 5.80. The van der Waals surface area contributed by atoms with Crippen molar-refractivity contribution < 1.29 is 9.53 Å². The number of rotatable bonds is 3. The van der Waals surface area contributed by atoms with E-state index in [0.29, 0.717) is 11.8 Å². The number of hydrogen-bond acceptors (Lipinski definition) is 3. The molecule has 1 fully saturated rings. The van der Waals surface area contributed by atoms with Crippen molar-refractivity contribution in [3.8, 4) is 0 Å². The lowest BCUT2D eigenvalue weighted by Crippen LogP contribution is -2.52. The fraction of sp³-hybridized carbons (Fsp3) is 0.917. The summed E-state index contributed by atoms with van der Waals surface area (Å²) in [6.45, 7) is 4.43. The van der Waals surface area contributed by atoms with Gasteiger partial charge in [0.25, 0.3) is 0 Å². The Labute approximate surface area is 92.4 Å². The molecular weight excluding hydrogens is 190 g/mol. The van der Waals surface area contributed by atoms with Gasteiger partial charge in [-0.25, -0.2) is 0 Å². The summed E-state index contributed by atoms with van der Waals surface area (Å²) in [6, 6.07) is 0. The van der Waals surface area contributed by atoms with Gasteiger partial charge in [0.1, 0.15) is 5.54 Å². The van der Waals surface area contributed by atoms with Crippen LogP contribution in [0.25, 0.3) is 0 Å². The van der Waals surface area contributed by atoms with Gasteiger partial charge in [0, 0.05) is 0 Å². The maximum atomic E-state index is 11.6. The van der Waals surface area contributed by atoms with Crippen molar-refractivity contribution in [2.24, 2.45) is 17.6 Å². The highest BCUT2D eigenvalue weighted by Crippen LogP contribution is 2.34. The summed E-state index contributed by atoms with van der Waals surface area (Å²) in [5, 5.41) is 0. The molecule has 15 heavy (non-hydrogen) atoms. The summed E-state index contributed by atoms with van der Waals surface area (Å²) in [6.07, 6.45) is 4.97. The van der Waals surface area contributed by atoms with Gasteiger partial charge in [0.2, 0.25) is 0 Å². The van der Waals surface area contributed by atoms with E-state index in [1.165, 1.54) is 13.5 Å². The zero-order valence-electron chi connectivity index (χ0n) is 10.1. The molecule has 0 amide bonds. The van der Waals surface area contributed by atoms with Crippen LogP contribution in [0.2, 0.25) is 0 Å². The van der Waals surface area contributed by atoms with E-state index >= 15 is 0 Å². The Morgan fingerprint density at radius 2 is 2.27 bits per heavy atom. The normalized spacial score (nSPS) is 31.7. The van der Waals surface area contributed by atoms with Crippen LogP contribution in [0.3, 0.4) is 0 Å². The summed E-state index contributed by atoms with van der Waals surface area (Å²) >= 11 is 0. The minimum atomic E-state index is -0.716. The van der Waals surface area contributed by atoms with Crippen molar-refractivity contribution in [1.29, 1.82) is 0 Å². The van der Waals surface area contributed by atoms with Gasteiger partial charge >= 0.3 is 5.97 Å². The van der Waals surface area contributed by atoms with Crippen LogP contribution >= 0.6 is 0 Å². The molecule has 0 aliphatic heterocycles. The molecule has 1 saturated carbocycles. The maximum absolute atomic E-state index is 11.6. The lowest BCUT2D eigenvalue weighted by molar-refractivity contribution is -0.149. The monoisotopic (exact) mass is 213 g/mol.